The first-order valence-electron chi connectivity index (χ1n) is 9.81. The first kappa shape index (κ1) is 20.3. The summed E-state index contributed by atoms with van der Waals surface area (Å²) in [5.74, 6) is -1.41. The highest BCUT2D eigenvalue weighted by Gasteiger charge is 2.28. The number of carbonyl (C=O) groups excluding carboxylic acids is 3. The fourth-order valence-electron chi connectivity index (χ4n) is 3.33. The molecule has 1 aromatic carbocycles. The van der Waals surface area contributed by atoms with Crippen LogP contribution in [0, 0.1) is 0 Å². The fraction of sp³-hybridized carbons (Fsp3) is 0.227. The Hall–Kier alpha value is -4.01. The Balaban J connectivity index is 1.50. The van der Waals surface area contributed by atoms with Gasteiger partial charge in [-0.15, -0.1) is 0 Å². The SMILES string of the molecule is CC(C)c1cc(C(=O)OCC(=O)N2CC(=O)Nc3ccccc32)nn1-c1ccncc1. The van der Waals surface area contributed by atoms with Crippen molar-refractivity contribution in [2.75, 3.05) is 23.4 Å². The van der Waals surface area contributed by atoms with Crippen molar-refractivity contribution < 1.29 is 19.1 Å². The summed E-state index contributed by atoms with van der Waals surface area (Å²) in [7, 11) is 0. The number of anilines is 2. The molecule has 0 atom stereocenters. The molecule has 158 valence electrons. The number of hydrogen-bond acceptors (Lipinski definition) is 6. The summed E-state index contributed by atoms with van der Waals surface area (Å²) < 4.78 is 6.89. The average Bonchev–Trinajstić information content (AvgIpc) is 3.23. The minimum absolute atomic E-state index is 0.102. The van der Waals surface area contributed by atoms with E-state index in [-0.39, 0.29) is 24.1 Å². The molecular formula is C22H21N5O4. The zero-order chi connectivity index (χ0) is 22.0. The van der Waals surface area contributed by atoms with Crippen molar-refractivity contribution in [3.8, 4) is 5.69 Å². The molecule has 4 rings (SSSR count). The molecule has 3 aromatic rings. The molecule has 0 spiro atoms. The Bertz CT molecular complexity index is 1140. The van der Waals surface area contributed by atoms with E-state index in [9.17, 15) is 14.4 Å². The molecule has 1 aliphatic heterocycles. The minimum Gasteiger partial charge on any atom is -0.451 e. The predicted molar refractivity (Wildman–Crippen MR) is 113 cm³/mol. The van der Waals surface area contributed by atoms with Gasteiger partial charge in [0, 0.05) is 18.1 Å². The van der Waals surface area contributed by atoms with Gasteiger partial charge in [-0.25, -0.2) is 9.48 Å². The van der Waals surface area contributed by atoms with E-state index in [0.717, 1.165) is 11.4 Å². The summed E-state index contributed by atoms with van der Waals surface area (Å²) in [6, 6.07) is 12.2. The second kappa shape index (κ2) is 8.39. The molecule has 0 saturated heterocycles. The van der Waals surface area contributed by atoms with Crippen molar-refractivity contribution >= 4 is 29.2 Å². The molecule has 0 radical (unpaired) electrons. The first-order valence-corrected chi connectivity index (χ1v) is 9.81. The second-order valence-electron chi connectivity index (χ2n) is 7.35. The van der Waals surface area contributed by atoms with Gasteiger partial charge in [0.1, 0.15) is 6.54 Å². The van der Waals surface area contributed by atoms with E-state index < -0.39 is 18.5 Å². The lowest BCUT2D eigenvalue weighted by Gasteiger charge is -2.28. The zero-order valence-electron chi connectivity index (χ0n) is 17.1. The van der Waals surface area contributed by atoms with Crippen molar-refractivity contribution in [2.45, 2.75) is 19.8 Å². The van der Waals surface area contributed by atoms with Crippen LogP contribution < -0.4 is 10.2 Å². The number of carbonyl (C=O) groups is 3. The largest absolute Gasteiger partial charge is 0.451 e. The highest BCUT2D eigenvalue weighted by atomic mass is 16.5. The summed E-state index contributed by atoms with van der Waals surface area (Å²) in [4.78, 5) is 42.5. The van der Waals surface area contributed by atoms with E-state index in [4.69, 9.17) is 4.74 Å². The number of para-hydroxylation sites is 2. The standard InChI is InChI=1S/C22H21N5O4/c1-14(2)19-11-17(25-27(19)15-7-9-23-10-8-15)22(30)31-13-21(29)26-12-20(28)24-16-5-3-4-6-18(16)26/h3-11,14H,12-13H2,1-2H3,(H,24,28). The molecule has 0 unspecified atom stereocenters. The fourth-order valence-corrected chi connectivity index (χ4v) is 3.33. The average molecular weight is 419 g/mol. The number of hydrogen-bond donors (Lipinski definition) is 1. The van der Waals surface area contributed by atoms with Crippen LogP contribution in [0.5, 0.6) is 0 Å². The maximum Gasteiger partial charge on any atom is 0.359 e. The number of esters is 1. The molecule has 2 aromatic heterocycles. The number of aromatic nitrogens is 3. The van der Waals surface area contributed by atoms with Crippen LogP contribution in [0.15, 0.2) is 54.9 Å². The number of nitrogens with zero attached hydrogens (tertiary/aromatic N) is 4. The van der Waals surface area contributed by atoms with Gasteiger partial charge in [-0.3, -0.25) is 19.5 Å². The summed E-state index contributed by atoms with van der Waals surface area (Å²) >= 11 is 0. The number of ether oxygens (including phenoxy) is 1. The molecule has 0 saturated carbocycles. The summed E-state index contributed by atoms with van der Waals surface area (Å²) in [6.07, 6.45) is 3.29. The van der Waals surface area contributed by atoms with Crippen molar-refractivity contribution in [2.24, 2.45) is 0 Å². The smallest absolute Gasteiger partial charge is 0.359 e. The summed E-state index contributed by atoms with van der Waals surface area (Å²) in [6.45, 7) is 3.35. The Morgan fingerprint density at radius 2 is 1.90 bits per heavy atom. The Labute approximate surface area is 178 Å². The lowest BCUT2D eigenvalue weighted by Crippen LogP contribution is -2.44. The van der Waals surface area contributed by atoms with E-state index in [1.807, 2.05) is 13.8 Å². The van der Waals surface area contributed by atoms with E-state index in [2.05, 4.69) is 15.4 Å². The monoisotopic (exact) mass is 419 g/mol. The maximum absolute atomic E-state index is 12.7. The van der Waals surface area contributed by atoms with E-state index in [0.29, 0.717) is 11.4 Å². The van der Waals surface area contributed by atoms with Crippen LogP contribution in [0.3, 0.4) is 0 Å². The minimum atomic E-state index is -0.710. The van der Waals surface area contributed by atoms with Gasteiger partial charge in [0.25, 0.3) is 5.91 Å². The van der Waals surface area contributed by atoms with Crippen LogP contribution in [0.4, 0.5) is 11.4 Å². The Kier molecular flexibility index (Phi) is 5.48. The molecule has 1 N–H and O–H groups in total. The number of nitrogens with one attached hydrogen (secondary N) is 1. The van der Waals surface area contributed by atoms with Gasteiger partial charge in [-0.05, 0) is 36.2 Å². The number of rotatable bonds is 5. The summed E-state index contributed by atoms with van der Waals surface area (Å²) in [5.41, 5.74) is 2.80. The zero-order valence-corrected chi connectivity index (χ0v) is 17.1. The number of pyridine rings is 1. The van der Waals surface area contributed by atoms with Crippen LogP contribution in [0.1, 0.15) is 35.9 Å². The lowest BCUT2D eigenvalue weighted by molar-refractivity contribution is -0.124. The van der Waals surface area contributed by atoms with Gasteiger partial charge in [0.05, 0.1) is 17.1 Å². The molecule has 0 bridgehead atoms. The van der Waals surface area contributed by atoms with Crippen LogP contribution >= 0.6 is 0 Å². The molecule has 9 heteroatoms. The number of benzene rings is 1. The molecule has 0 fully saturated rings. The highest BCUT2D eigenvalue weighted by molar-refractivity contribution is 6.10. The number of amides is 2. The van der Waals surface area contributed by atoms with Crippen LogP contribution in [0.2, 0.25) is 0 Å². The molecule has 3 heterocycles. The summed E-state index contributed by atoms with van der Waals surface area (Å²) in [5, 5.41) is 7.08. The van der Waals surface area contributed by atoms with Gasteiger partial charge < -0.3 is 10.1 Å². The third kappa shape index (κ3) is 4.16. The molecule has 2 amide bonds. The van der Waals surface area contributed by atoms with E-state index in [1.54, 1.807) is 59.5 Å². The molecule has 31 heavy (non-hydrogen) atoms. The van der Waals surface area contributed by atoms with Crippen molar-refractivity contribution in [3.05, 3.63) is 66.2 Å². The van der Waals surface area contributed by atoms with Gasteiger partial charge in [-0.2, -0.15) is 5.10 Å². The quantitative estimate of drug-likeness (QED) is 0.637. The normalized spacial score (nSPS) is 13.0. The molecule has 1 aliphatic rings. The number of fused-ring (bicyclic) bond motifs is 1. The van der Waals surface area contributed by atoms with Gasteiger partial charge in [0.2, 0.25) is 5.91 Å². The topological polar surface area (TPSA) is 106 Å². The third-order valence-corrected chi connectivity index (χ3v) is 4.84. The third-order valence-electron chi connectivity index (χ3n) is 4.84. The van der Waals surface area contributed by atoms with Gasteiger partial charge in [-0.1, -0.05) is 26.0 Å². The van der Waals surface area contributed by atoms with Crippen LogP contribution in [0.25, 0.3) is 5.69 Å². The lowest BCUT2D eigenvalue weighted by atomic mass is 10.1. The predicted octanol–water partition coefficient (Wildman–Crippen LogP) is 2.53. The maximum atomic E-state index is 12.7. The molecular weight excluding hydrogens is 398 g/mol. The van der Waals surface area contributed by atoms with Crippen molar-refractivity contribution in [1.29, 1.82) is 0 Å². The molecule has 9 nitrogen and oxygen atoms in total. The second-order valence-corrected chi connectivity index (χ2v) is 7.35. The van der Waals surface area contributed by atoms with E-state index >= 15 is 0 Å². The van der Waals surface area contributed by atoms with Crippen LogP contribution in [-0.4, -0.2) is 45.7 Å². The van der Waals surface area contributed by atoms with E-state index in [1.165, 1.54) is 4.90 Å². The van der Waals surface area contributed by atoms with Gasteiger partial charge in [0.15, 0.2) is 12.3 Å². The highest BCUT2D eigenvalue weighted by Crippen LogP contribution is 2.29. The van der Waals surface area contributed by atoms with Crippen LogP contribution in [-0.2, 0) is 14.3 Å². The Morgan fingerprint density at radius 1 is 1.16 bits per heavy atom. The van der Waals surface area contributed by atoms with Gasteiger partial charge >= 0.3 is 5.97 Å². The molecule has 0 aliphatic carbocycles. The first-order chi connectivity index (χ1) is 14.9. The van der Waals surface area contributed by atoms with Crippen molar-refractivity contribution in [1.82, 2.24) is 14.8 Å². The van der Waals surface area contributed by atoms with Crippen molar-refractivity contribution in [3.63, 3.8) is 0 Å². The Morgan fingerprint density at radius 3 is 2.65 bits per heavy atom.